The minimum atomic E-state index is -2.59. The number of amides is 3. The highest BCUT2D eigenvalue weighted by Gasteiger charge is 2.43. The number of ether oxygens (including phenoxy) is 1. The molecule has 0 aliphatic carbocycles. The van der Waals surface area contributed by atoms with E-state index in [2.05, 4.69) is 10.6 Å². The molecular formula is C38H49N3O7. The third kappa shape index (κ3) is 9.43. The van der Waals surface area contributed by atoms with Gasteiger partial charge in [0.25, 0.3) is 0 Å². The van der Waals surface area contributed by atoms with E-state index >= 15 is 0 Å². The topological polar surface area (TPSA) is 148 Å². The van der Waals surface area contributed by atoms with Gasteiger partial charge in [0.2, 0.25) is 11.7 Å². The average Bonchev–Trinajstić information content (AvgIpc) is 3.05. The van der Waals surface area contributed by atoms with Crippen LogP contribution in [0.15, 0.2) is 78.9 Å². The molecule has 48 heavy (non-hydrogen) atoms. The van der Waals surface area contributed by atoms with Gasteiger partial charge in [-0.3, -0.25) is 9.59 Å². The normalized spacial score (nSPS) is 16.1. The number of urea groups is 1. The van der Waals surface area contributed by atoms with Gasteiger partial charge < -0.3 is 35.6 Å². The lowest BCUT2D eigenvalue weighted by Crippen LogP contribution is -2.61. The summed E-state index contributed by atoms with van der Waals surface area (Å²) in [4.78, 5) is 41.4. The van der Waals surface area contributed by atoms with Gasteiger partial charge in [0, 0.05) is 25.1 Å². The Balaban J connectivity index is 1.60. The van der Waals surface area contributed by atoms with Crippen LogP contribution >= 0.6 is 0 Å². The van der Waals surface area contributed by atoms with E-state index in [0.29, 0.717) is 31.7 Å². The molecule has 5 N–H and O–H groups in total. The minimum absolute atomic E-state index is 0.0422. The van der Waals surface area contributed by atoms with Gasteiger partial charge >= 0.3 is 6.03 Å². The van der Waals surface area contributed by atoms with Crippen molar-refractivity contribution in [2.24, 2.45) is 11.8 Å². The van der Waals surface area contributed by atoms with Crippen molar-refractivity contribution in [1.29, 1.82) is 0 Å². The zero-order valence-corrected chi connectivity index (χ0v) is 28.3. The predicted molar refractivity (Wildman–Crippen MR) is 183 cm³/mol. The zero-order chi connectivity index (χ0) is 34.8. The third-order valence-corrected chi connectivity index (χ3v) is 8.99. The first-order valence-electron chi connectivity index (χ1n) is 16.7. The Hall–Kier alpha value is -4.25. The van der Waals surface area contributed by atoms with Crippen molar-refractivity contribution in [2.45, 2.75) is 77.4 Å². The van der Waals surface area contributed by atoms with Gasteiger partial charge in [-0.25, -0.2) is 4.79 Å². The standard InChI is InChI=1S/C38H49N3O7/c1-25(2)34(41-20-12-19-39-37(41)45)36(44)40-33(38(46,47)30-17-9-6-10-18-30)23-32(43)29(21-28-15-7-5-8-16-28)22-31(42)24-48-35-26(3)13-11-14-27(35)4/h5-11,13-18,25,29,32-34,43,46-47H,12,19-24H2,1-4H3,(H,39,45)(H,40,44). The fraction of sp³-hybridized carbons (Fsp3) is 0.447. The van der Waals surface area contributed by atoms with E-state index in [1.54, 1.807) is 18.2 Å². The van der Waals surface area contributed by atoms with Crippen LogP contribution in [0.2, 0.25) is 0 Å². The lowest BCUT2D eigenvalue weighted by atomic mass is 9.83. The van der Waals surface area contributed by atoms with Gasteiger partial charge in [-0.1, -0.05) is 92.7 Å². The van der Waals surface area contributed by atoms with E-state index in [-0.39, 0.29) is 42.7 Å². The predicted octanol–water partition coefficient (Wildman–Crippen LogP) is 4.01. The summed E-state index contributed by atoms with van der Waals surface area (Å²) < 4.78 is 5.92. The summed E-state index contributed by atoms with van der Waals surface area (Å²) in [5.74, 6) is -3.67. The second kappa shape index (κ2) is 16.7. The summed E-state index contributed by atoms with van der Waals surface area (Å²) in [5, 5.41) is 40.5. The maximum absolute atomic E-state index is 13.9. The molecule has 1 heterocycles. The van der Waals surface area contributed by atoms with Gasteiger partial charge in [-0.15, -0.1) is 0 Å². The van der Waals surface area contributed by atoms with Gasteiger partial charge in [0.1, 0.15) is 18.4 Å². The first-order chi connectivity index (χ1) is 22.9. The third-order valence-electron chi connectivity index (χ3n) is 8.99. The lowest BCUT2D eigenvalue weighted by molar-refractivity contribution is -0.201. The fourth-order valence-electron chi connectivity index (χ4n) is 6.41. The number of hydrogen-bond acceptors (Lipinski definition) is 7. The van der Waals surface area contributed by atoms with Crippen LogP contribution in [0.5, 0.6) is 5.75 Å². The highest BCUT2D eigenvalue weighted by Crippen LogP contribution is 2.30. The smallest absolute Gasteiger partial charge is 0.318 e. The molecule has 3 aromatic rings. The summed E-state index contributed by atoms with van der Waals surface area (Å²) in [7, 11) is 0. The highest BCUT2D eigenvalue weighted by molar-refractivity contribution is 5.88. The molecule has 10 heteroatoms. The molecule has 1 aliphatic rings. The molecule has 258 valence electrons. The number of hydrogen-bond donors (Lipinski definition) is 5. The summed E-state index contributed by atoms with van der Waals surface area (Å²) >= 11 is 0. The number of para-hydroxylation sites is 1. The number of Topliss-reactive ketones (excluding diaryl/α,β-unsaturated/α-hetero) is 1. The van der Waals surface area contributed by atoms with Crippen LogP contribution in [0.4, 0.5) is 4.79 Å². The minimum Gasteiger partial charge on any atom is -0.485 e. The molecule has 4 unspecified atom stereocenters. The van der Waals surface area contributed by atoms with Crippen molar-refractivity contribution in [3.63, 3.8) is 0 Å². The number of ketones is 1. The van der Waals surface area contributed by atoms with Crippen molar-refractivity contribution >= 4 is 17.7 Å². The summed E-state index contributed by atoms with van der Waals surface area (Å²) in [6, 6.07) is 20.6. The molecule has 0 saturated carbocycles. The second-order valence-electron chi connectivity index (χ2n) is 13.1. The van der Waals surface area contributed by atoms with Crippen LogP contribution in [-0.2, 0) is 21.8 Å². The largest absolute Gasteiger partial charge is 0.485 e. The van der Waals surface area contributed by atoms with E-state index in [1.807, 2.05) is 76.2 Å². The van der Waals surface area contributed by atoms with E-state index < -0.39 is 35.8 Å². The Kier molecular flexibility index (Phi) is 12.7. The van der Waals surface area contributed by atoms with Crippen molar-refractivity contribution in [1.82, 2.24) is 15.5 Å². The quantitative estimate of drug-likeness (QED) is 0.146. The maximum atomic E-state index is 13.9. The van der Waals surface area contributed by atoms with Crippen LogP contribution in [-0.4, -0.2) is 75.8 Å². The number of rotatable bonds is 16. The monoisotopic (exact) mass is 659 g/mol. The molecule has 4 atom stereocenters. The molecule has 0 radical (unpaired) electrons. The number of benzene rings is 3. The molecular weight excluding hydrogens is 610 g/mol. The van der Waals surface area contributed by atoms with Crippen LogP contribution in [0, 0.1) is 25.7 Å². The summed E-state index contributed by atoms with van der Waals surface area (Å²) in [5.41, 5.74) is 2.83. The van der Waals surface area contributed by atoms with Gasteiger partial charge in [0.05, 0.1) is 12.1 Å². The van der Waals surface area contributed by atoms with Crippen molar-refractivity contribution in [2.75, 3.05) is 19.7 Å². The van der Waals surface area contributed by atoms with Crippen LogP contribution in [0.1, 0.15) is 55.4 Å². The molecule has 3 amide bonds. The maximum Gasteiger partial charge on any atom is 0.318 e. The van der Waals surface area contributed by atoms with Crippen molar-refractivity contribution in [3.05, 3.63) is 101 Å². The molecule has 0 spiro atoms. The Bertz CT molecular complexity index is 1490. The van der Waals surface area contributed by atoms with Crippen LogP contribution in [0.25, 0.3) is 0 Å². The van der Waals surface area contributed by atoms with Gasteiger partial charge in [-0.05, 0) is 61.6 Å². The molecule has 3 aromatic carbocycles. The van der Waals surface area contributed by atoms with Crippen LogP contribution in [0.3, 0.4) is 0 Å². The Labute approximate surface area is 283 Å². The van der Waals surface area contributed by atoms with Gasteiger partial charge in [-0.2, -0.15) is 0 Å². The fourth-order valence-corrected chi connectivity index (χ4v) is 6.41. The Morgan fingerprint density at radius 3 is 2.19 bits per heavy atom. The molecule has 0 aromatic heterocycles. The van der Waals surface area contributed by atoms with E-state index in [9.17, 15) is 29.7 Å². The first-order valence-corrected chi connectivity index (χ1v) is 16.7. The number of aliphatic hydroxyl groups is 3. The lowest BCUT2D eigenvalue weighted by Gasteiger charge is -2.39. The van der Waals surface area contributed by atoms with Gasteiger partial charge in [0.15, 0.2) is 5.78 Å². The van der Waals surface area contributed by atoms with E-state index in [1.165, 1.54) is 17.0 Å². The number of carbonyl (C=O) groups excluding carboxylic acids is 3. The second-order valence-corrected chi connectivity index (χ2v) is 13.1. The highest BCUT2D eigenvalue weighted by atomic mass is 16.5. The number of nitrogens with zero attached hydrogens (tertiary/aromatic N) is 1. The molecule has 1 saturated heterocycles. The summed E-state index contributed by atoms with van der Waals surface area (Å²) in [6.07, 6.45) is -0.569. The molecule has 0 bridgehead atoms. The molecule has 10 nitrogen and oxygen atoms in total. The summed E-state index contributed by atoms with van der Waals surface area (Å²) in [6.45, 7) is 8.16. The van der Waals surface area contributed by atoms with Crippen molar-refractivity contribution < 1.29 is 34.4 Å². The van der Waals surface area contributed by atoms with E-state index in [4.69, 9.17) is 4.74 Å². The van der Waals surface area contributed by atoms with E-state index in [0.717, 1.165) is 16.7 Å². The molecule has 1 fully saturated rings. The number of aryl methyl sites for hydroxylation is 2. The zero-order valence-electron chi connectivity index (χ0n) is 28.3. The number of nitrogens with one attached hydrogen (secondary N) is 2. The van der Waals surface area contributed by atoms with Crippen molar-refractivity contribution in [3.8, 4) is 5.75 Å². The molecule has 4 rings (SSSR count). The number of carbonyl (C=O) groups is 3. The Morgan fingerprint density at radius 2 is 1.58 bits per heavy atom. The van der Waals surface area contributed by atoms with Crippen LogP contribution < -0.4 is 15.4 Å². The average molecular weight is 660 g/mol. The first kappa shape index (κ1) is 36.6. The Morgan fingerprint density at radius 1 is 0.958 bits per heavy atom. The molecule has 1 aliphatic heterocycles. The SMILES string of the molecule is Cc1cccc(C)c1OCC(=O)CC(Cc1ccccc1)C(O)CC(NC(=O)C(C(C)C)N1CCCNC1=O)C(O)(O)c1ccccc1. The number of aliphatic hydroxyl groups excluding tert-OH is 1.